The number of nitrogens with one attached hydrogen (secondary N) is 1. The number of nitrogens with zero attached hydrogens (tertiary/aromatic N) is 6. The summed E-state index contributed by atoms with van der Waals surface area (Å²) in [5.74, 6) is -0.394. The maximum atomic E-state index is 14.0. The molecule has 1 N–H and O–H groups in total. The van der Waals surface area contributed by atoms with Gasteiger partial charge in [0.15, 0.2) is 0 Å². The Bertz CT molecular complexity index is 1470. The molecule has 1 fully saturated rings. The molecule has 47 heavy (non-hydrogen) atoms. The Labute approximate surface area is 269 Å². The molecule has 0 aliphatic carbocycles. The van der Waals surface area contributed by atoms with E-state index in [1.807, 2.05) is 0 Å². The first kappa shape index (κ1) is 38.6. The second kappa shape index (κ2) is 16.0. The number of piperazine rings is 1. The molecule has 1 atom stereocenters. The summed E-state index contributed by atoms with van der Waals surface area (Å²) in [6.07, 6.45) is -7.40. The fraction of sp³-hybridized carbons (Fsp3) is 0.692. The Morgan fingerprint density at radius 1 is 0.936 bits per heavy atom. The van der Waals surface area contributed by atoms with Gasteiger partial charge in [-0.3, -0.25) is 4.79 Å². The van der Waals surface area contributed by atoms with Crippen molar-refractivity contribution >= 4 is 29.7 Å². The summed E-state index contributed by atoms with van der Waals surface area (Å²) in [5, 5.41) is 6.41. The molecule has 2 aromatic heterocycles. The van der Waals surface area contributed by atoms with Crippen molar-refractivity contribution in [3.8, 4) is 0 Å². The first-order chi connectivity index (χ1) is 21.8. The Hall–Kier alpha value is -2.85. The Kier molecular flexibility index (Phi) is 13.2. The standard InChI is InChI=1S/C26H39F6N7O6SSi/c1-43-16-20(36-21-15-35-39(18-45-10-12-47(2,3)4)23(40)22(21)26(30,31)32)17-44-9-11-46(41,42)38-7-5-37(6-8-38)24-33-13-19(14-34-24)25(27,28)29/h13-15,20,36H,5-12,16-18H2,1-4H3/t20-/m0/s1. The van der Waals surface area contributed by atoms with Gasteiger partial charge < -0.3 is 24.4 Å². The number of alkyl halides is 6. The fourth-order valence-electron chi connectivity index (χ4n) is 4.36. The van der Waals surface area contributed by atoms with E-state index in [1.165, 1.54) is 11.4 Å². The molecule has 266 valence electrons. The molecule has 3 rings (SSSR count). The normalized spacial score (nSPS) is 16.0. The molecule has 0 bridgehead atoms. The van der Waals surface area contributed by atoms with Crippen molar-refractivity contribution in [2.24, 2.45) is 0 Å². The van der Waals surface area contributed by atoms with E-state index in [0.717, 1.165) is 12.2 Å². The predicted molar refractivity (Wildman–Crippen MR) is 162 cm³/mol. The average molecular weight is 720 g/mol. The molecule has 0 radical (unpaired) electrons. The zero-order chi connectivity index (χ0) is 35.0. The summed E-state index contributed by atoms with van der Waals surface area (Å²) in [6.45, 7) is 5.81. The van der Waals surface area contributed by atoms with Crippen LogP contribution in [-0.4, -0.2) is 112 Å². The van der Waals surface area contributed by atoms with Crippen LogP contribution in [-0.2, 0) is 43.3 Å². The summed E-state index contributed by atoms with van der Waals surface area (Å²) in [7, 11) is -3.95. The van der Waals surface area contributed by atoms with Gasteiger partial charge in [0.2, 0.25) is 16.0 Å². The summed E-state index contributed by atoms with van der Waals surface area (Å²) in [4.78, 5) is 21.7. The number of methoxy groups -OCH3 is 1. The smallest absolute Gasteiger partial charge is 0.382 e. The highest BCUT2D eigenvalue weighted by molar-refractivity contribution is 7.89. The van der Waals surface area contributed by atoms with Gasteiger partial charge in [0.25, 0.3) is 5.56 Å². The van der Waals surface area contributed by atoms with E-state index < -0.39 is 71.3 Å². The third kappa shape index (κ3) is 11.7. The van der Waals surface area contributed by atoms with Crippen LogP contribution < -0.4 is 15.8 Å². The van der Waals surface area contributed by atoms with Gasteiger partial charge in [0.05, 0.1) is 49.1 Å². The molecule has 1 aliphatic heterocycles. The first-order valence-electron chi connectivity index (χ1n) is 14.5. The maximum absolute atomic E-state index is 14.0. The van der Waals surface area contributed by atoms with Gasteiger partial charge in [-0.25, -0.2) is 23.1 Å². The maximum Gasteiger partial charge on any atom is 0.423 e. The summed E-state index contributed by atoms with van der Waals surface area (Å²) in [6, 6.07) is -0.146. The lowest BCUT2D eigenvalue weighted by molar-refractivity contribution is -0.139. The Balaban J connectivity index is 1.54. The minimum Gasteiger partial charge on any atom is -0.382 e. The van der Waals surface area contributed by atoms with Gasteiger partial charge >= 0.3 is 12.4 Å². The number of aromatic nitrogens is 4. The lowest BCUT2D eigenvalue weighted by Crippen LogP contribution is -2.50. The number of sulfonamides is 1. The molecule has 0 amide bonds. The zero-order valence-corrected chi connectivity index (χ0v) is 28.2. The molecule has 3 heterocycles. The number of ether oxygens (including phenoxy) is 3. The molecule has 13 nitrogen and oxygen atoms in total. The number of hydrogen-bond acceptors (Lipinski definition) is 11. The van der Waals surface area contributed by atoms with Crippen LogP contribution >= 0.6 is 0 Å². The molecule has 21 heteroatoms. The monoisotopic (exact) mass is 719 g/mol. The Morgan fingerprint density at radius 2 is 1.57 bits per heavy atom. The van der Waals surface area contributed by atoms with Gasteiger partial charge in [-0.2, -0.15) is 35.7 Å². The van der Waals surface area contributed by atoms with Crippen molar-refractivity contribution in [1.29, 1.82) is 0 Å². The molecular formula is C26H39F6N7O6SSi. The van der Waals surface area contributed by atoms with Crippen LogP contribution in [0, 0.1) is 0 Å². The van der Waals surface area contributed by atoms with Crippen molar-refractivity contribution in [1.82, 2.24) is 24.1 Å². The number of halogens is 6. The molecule has 0 unspecified atom stereocenters. The SMILES string of the molecule is COC[C@@H](COCCS(=O)(=O)N1CCN(c2ncc(C(F)(F)F)cn2)CC1)Nc1cnn(COCC[Si](C)(C)C)c(=O)c1C(F)(F)F. The van der Waals surface area contributed by atoms with Crippen LogP contribution in [0.3, 0.4) is 0 Å². The van der Waals surface area contributed by atoms with Crippen LogP contribution in [0.2, 0.25) is 25.7 Å². The summed E-state index contributed by atoms with van der Waals surface area (Å²) in [5.41, 5.74) is -4.44. The Morgan fingerprint density at radius 3 is 2.13 bits per heavy atom. The molecule has 0 aromatic carbocycles. The zero-order valence-electron chi connectivity index (χ0n) is 26.4. The van der Waals surface area contributed by atoms with Crippen LogP contribution in [0.15, 0.2) is 23.4 Å². The first-order valence-corrected chi connectivity index (χ1v) is 19.8. The third-order valence-corrected chi connectivity index (χ3v) is 10.5. The quantitative estimate of drug-likeness (QED) is 0.156. The lowest BCUT2D eigenvalue weighted by Gasteiger charge is -2.34. The highest BCUT2D eigenvalue weighted by Crippen LogP contribution is 2.32. The van der Waals surface area contributed by atoms with E-state index in [4.69, 9.17) is 14.2 Å². The van der Waals surface area contributed by atoms with E-state index in [1.54, 1.807) is 4.90 Å². The predicted octanol–water partition coefficient (Wildman–Crippen LogP) is 2.98. The van der Waals surface area contributed by atoms with Crippen LogP contribution in [0.1, 0.15) is 11.1 Å². The van der Waals surface area contributed by atoms with Gasteiger partial charge in [-0.15, -0.1) is 0 Å². The topological polar surface area (TPSA) is 141 Å². The molecule has 1 aliphatic rings. The summed E-state index contributed by atoms with van der Waals surface area (Å²) < 4.78 is 124. The number of hydrogen-bond donors (Lipinski definition) is 1. The molecule has 2 aromatic rings. The highest BCUT2D eigenvalue weighted by atomic mass is 32.2. The number of rotatable bonds is 16. The fourth-order valence-corrected chi connectivity index (χ4v) is 6.43. The van der Waals surface area contributed by atoms with E-state index >= 15 is 0 Å². The second-order valence-electron chi connectivity index (χ2n) is 11.9. The minimum absolute atomic E-state index is 0.0304. The van der Waals surface area contributed by atoms with Crippen molar-refractivity contribution in [2.45, 2.75) is 50.8 Å². The van der Waals surface area contributed by atoms with Gasteiger partial charge in [-0.1, -0.05) is 19.6 Å². The van der Waals surface area contributed by atoms with E-state index in [9.17, 15) is 39.6 Å². The van der Waals surface area contributed by atoms with Gasteiger partial charge in [-0.05, 0) is 6.04 Å². The molecule has 1 saturated heterocycles. The van der Waals surface area contributed by atoms with Gasteiger partial charge in [0.1, 0.15) is 12.3 Å². The largest absolute Gasteiger partial charge is 0.423 e. The van der Waals surface area contributed by atoms with Crippen LogP contribution in [0.5, 0.6) is 0 Å². The van der Waals surface area contributed by atoms with Gasteiger partial charge in [0, 0.05) is 60.4 Å². The van der Waals surface area contributed by atoms with Crippen molar-refractivity contribution < 1.29 is 49.0 Å². The van der Waals surface area contributed by atoms with Crippen LogP contribution in [0.4, 0.5) is 38.0 Å². The van der Waals surface area contributed by atoms with Crippen molar-refractivity contribution in [2.75, 3.05) is 75.7 Å². The molecule has 0 saturated carbocycles. The highest BCUT2D eigenvalue weighted by Gasteiger charge is 2.39. The van der Waals surface area contributed by atoms with Crippen molar-refractivity contribution in [3.63, 3.8) is 0 Å². The van der Waals surface area contributed by atoms with E-state index in [-0.39, 0.29) is 58.6 Å². The summed E-state index contributed by atoms with van der Waals surface area (Å²) >= 11 is 0. The third-order valence-electron chi connectivity index (χ3n) is 6.95. The molecular weight excluding hydrogens is 680 g/mol. The van der Waals surface area contributed by atoms with Crippen molar-refractivity contribution in [3.05, 3.63) is 40.1 Å². The average Bonchev–Trinajstić information content (AvgIpc) is 2.97. The van der Waals surface area contributed by atoms with Crippen LogP contribution in [0.25, 0.3) is 0 Å². The second-order valence-corrected chi connectivity index (χ2v) is 19.6. The van der Waals surface area contributed by atoms with E-state index in [2.05, 4.69) is 40.0 Å². The minimum atomic E-state index is -5.02. The lowest BCUT2D eigenvalue weighted by atomic mass is 10.2. The number of anilines is 2. The molecule has 0 spiro atoms. The van der Waals surface area contributed by atoms with E-state index in [0.29, 0.717) is 17.1 Å².